The van der Waals surface area contributed by atoms with Crippen molar-refractivity contribution in [2.24, 2.45) is 0 Å². The second-order valence-electron chi connectivity index (χ2n) is 7.99. The number of aryl methyl sites for hydroxylation is 1. The zero-order chi connectivity index (χ0) is 24.0. The number of aliphatic carboxylic acids is 1. The number of nitrogens with one attached hydrogen (secondary N) is 1. The summed E-state index contributed by atoms with van der Waals surface area (Å²) in [6, 6.07) is 19.3. The minimum Gasteiger partial charge on any atom is -0.475 e. The summed E-state index contributed by atoms with van der Waals surface area (Å²) in [5, 5.41) is 11.9. The average molecular weight is 461 g/mol. The quantitative estimate of drug-likeness (QED) is 0.623. The van der Waals surface area contributed by atoms with Crippen LogP contribution in [0.5, 0.6) is 0 Å². The molecule has 9 heteroatoms. The third-order valence-corrected chi connectivity index (χ3v) is 5.41. The minimum atomic E-state index is -5.08. The summed E-state index contributed by atoms with van der Waals surface area (Å²) in [5.74, 6) is -2.56. The lowest BCUT2D eigenvalue weighted by Gasteiger charge is -2.34. The predicted molar refractivity (Wildman–Crippen MR) is 119 cm³/mol. The molecule has 1 amide bonds. The van der Waals surface area contributed by atoms with Crippen molar-refractivity contribution in [1.29, 1.82) is 0 Å². The highest BCUT2D eigenvalue weighted by molar-refractivity contribution is 5.84. The molecule has 1 aromatic heterocycles. The van der Waals surface area contributed by atoms with Gasteiger partial charge in [-0.2, -0.15) is 13.2 Å². The number of hydrogen-bond donors (Lipinski definition) is 2. The van der Waals surface area contributed by atoms with Gasteiger partial charge in [0.1, 0.15) is 6.54 Å². The van der Waals surface area contributed by atoms with E-state index in [1.807, 2.05) is 17.2 Å². The number of carboxylic acid groups (broad SMARTS) is 1. The van der Waals surface area contributed by atoms with E-state index >= 15 is 0 Å². The largest absolute Gasteiger partial charge is 0.490 e. The van der Waals surface area contributed by atoms with Crippen LogP contribution >= 0.6 is 0 Å². The van der Waals surface area contributed by atoms with Gasteiger partial charge in [0.15, 0.2) is 0 Å². The number of amides is 1. The number of rotatable bonds is 4. The first-order valence-corrected chi connectivity index (χ1v) is 10.5. The second kappa shape index (κ2) is 10.5. The lowest BCUT2D eigenvalue weighted by molar-refractivity contribution is -0.192. The van der Waals surface area contributed by atoms with Gasteiger partial charge in [0.05, 0.1) is 0 Å². The van der Waals surface area contributed by atoms with Crippen molar-refractivity contribution in [2.45, 2.75) is 32.1 Å². The topological polar surface area (TPSA) is 74.6 Å². The second-order valence-corrected chi connectivity index (χ2v) is 7.99. The van der Waals surface area contributed by atoms with Crippen molar-refractivity contribution >= 4 is 22.8 Å². The fraction of sp³-hybridized carbons (Fsp3) is 0.333. The van der Waals surface area contributed by atoms with Crippen molar-refractivity contribution in [3.63, 3.8) is 0 Å². The van der Waals surface area contributed by atoms with E-state index < -0.39 is 12.1 Å². The van der Waals surface area contributed by atoms with Crippen LogP contribution in [-0.4, -0.2) is 58.3 Å². The van der Waals surface area contributed by atoms with E-state index in [0.717, 1.165) is 31.6 Å². The third kappa shape index (κ3) is 6.82. The molecule has 0 bridgehead atoms. The van der Waals surface area contributed by atoms with Crippen molar-refractivity contribution in [3.8, 4) is 0 Å². The van der Waals surface area contributed by atoms with Gasteiger partial charge in [-0.3, -0.25) is 4.79 Å². The summed E-state index contributed by atoms with van der Waals surface area (Å²) in [6.45, 7) is 4.91. The summed E-state index contributed by atoms with van der Waals surface area (Å²) < 4.78 is 33.8. The highest BCUT2D eigenvalue weighted by Gasteiger charge is 2.38. The summed E-state index contributed by atoms with van der Waals surface area (Å²) >= 11 is 0. The Labute approximate surface area is 189 Å². The van der Waals surface area contributed by atoms with E-state index in [9.17, 15) is 18.0 Å². The Hall–Kier alpha value is -3.33. The average Bonchev–Trinajstić information content (AvgIpc) is 3.16. The molecule has 2 aromatic carbocycles. The highest BCUT2D eigenvalue weighted by atomic mass is 19.4. The van der Waals surface area contributed by atoms with Crippen molar-refractivity contribution in [2.75, 3.05) is 19.6 Å². The number of nitrogens with zero attached hydrogens (tertiary/aromatic N) is 2. The van der Waals surface area contributed by atoms with Gasteiger partial charge >= 0.3 is 12.1 Å². The molecule has 3 aromatic rings. The number of alkyl halides is 3. The maximum atomic E-state index is 12.9. The van der Waals surface area contributed by atoms with Crippen molar-refractivity contribution in [1.82, 2.24) is 14.8 Å². The molecule has 1 saturated heterocycles. The highest BCUT2D eigenvalue weighted by Crippen LogP contribution is 2.18. The zero-order valence-electron chi connectivity index (χ0n) is 18.2. The number of fused-ring (bicyclic) bond motifs is 1. The summed E-state index contributed by atoms with van der Waals surface area (Å²) in [6.07, 6.45) is -2.11. The number of benzene rings is 2. The number of aromatic nitrogens is 1. The monoisotopic (exact) mass is 461 g/mol. The van der Waals surface area contributed by atoms with Crippen LogP contribution in [0.25, 0.3) is 10.9 Å². The van der Waals surface area contributed by atoms with Crippen LogP contribution in [0.4, 0.5) is 13.2 Å². The Balaban J connectivity index is 0.000000383. The van der Waals surface area contributed by atoms with Crippen molar-refractivity contribution in [3.05, 3.63) is 71.9 Å². The third-order valence-electron chi connectivity index (χ3n) is 5.41. The molecule has 0 spiro atoms. The van der Waals surface area contributed by atoms with Crippen LogP contribution in [-0.2, 0) is 22.6 Å². The molecule has 2 heterocycles. The van der Waals surface area contributed by atoms with E-state index in [0.29, 0.717) is 12.6 Å². The molecule has 1 aliphatic rings. The van der Waals surface area contributed by atoms with E-state index in [1.165, 1.54) is 16.5 Å². The minimum absolute atomic E-state index is 0.197. The first kappa shape index (κ1) is 24.3. The Morgan fingerprint density at radius 2 is 1.82 bits per heavy atom. The van der Waals surface area contributed by atoms with Gasteiger partial charge in [0, 0.05) is 37.4 Å². The van der Waals surface area contributed by atoms with Gasteiger partial charge in [0.2, 0.25) is 5.91 Å². The number of hydrogen-bond acceptors (Lipinski definition) is 3. The molecule has 1 atom stereocenters. The SMILES string of the molecule is Cc1ccc2c(ccn2CC(=O)N2CCNC(Cc3ccccc3)C2)c1.O=C(O)C(F)(F)F. The first-order chi connectivity index (χ1) is 15.6. The molecular formula is C24H26F3N3O3. The molecule has 2 N–H and O–H groups in total. The molecule has 1 aliphatic heterocycles. The number of carboxylic acids is 1. The van der Waals surface area contributed by atoms with Gasteiger partial charge in [-0.05, 0) is 42.5 Å². The smallest absolute Gasteiger partial charge is 0.475 e. The van der Waals surface area contributed by atoms with Gasteiger partial charge in [-0.1, -0.05) is 42.0 Å². The lowest BCUT2D eigenvalue weighted by atomic mass is 10.0. The van der Waals surface area contributed by atoms with Crippen LogP contribution in [0.15, 0.2) is 60.8 Å². The van der Waals surface area contributed by atoms with Gasteiger partial charge < -0.3 is 19.9 Å². The Morgan fingerprint density at radius 3 is 2.48 bits per heavy atom. The normalized spacial score (nSPS) is 16.2. The molecule has 4 rings (SSSR count). The predicted octanol–water partition coefficient (Wildman–Crippen LogP) is 3.63. The number of piperazine rings is 1. The van der Waals surface area contributed by atoms with E-state index in [2.05, 4.69) is 65.3 Å². The van der Waals surface area contributed by atoms with Crippen LogP contribution in [0.2, 0.25) is 0 Å². The van der Waals surface area contributed by atoms with Gasteiger partial charge in [0.25, 0.3) is 0 Å². The maximum Gasteiger partial charge on any atom is 0.490 e. The van der Waals surface area contributed by atoms with Gasteiger partial charge in [-0.25, -0.2) is 4.79 Å². The fourth-order valence-corrected chi connectivity index (χ4v) is 3.79. The first-order valence-electron chi connectivity index (χ1n) is 10.5. The maximum absolute atomic E-state index is 12.9. The lowest BCUT2D eigenvalue weighted by Crippen LogP contribution is -2.54. The molecule has 0 aliphatic carbocycles. The number of carbonyl (C=O) groups is 2. The Kier molecular flexibility index (Phi) is 7.75. The molecular weight excluding hydrogens is 435 g/mol. The molecule has 176 valence electrons. The Bertz CT molecular complexity index is 1100. The summed E-state index contributed by atoms with van der Waals surface area (Å²) in [7, 11) is 0. The van der Waals surface area contributed by atoms with Crippen molar-refractivity contribution < 1.29 is 27.9 Å². The zero-order valence-corrected chi connectivity index (χ0v) is 18.2. The van der Waals surface area contributed by atoms with E-state index in [4.69, 9.17) is 9.90 Å². The van der Waals surface area contributed by atoms with Crippen LogP contribution < -0.4 is 5.32 Å². The van der Waals surface area contributed by atoms with Crippen LogP contribution in [0, 0.1) is 6.92 Å². The number of halogens is 3. The standard InChI is InChI=1S/C22H25N3O.C2HF3O2/c1-17-7-8-21-19(13-17)9-11-24(21)16-22(26)25-12-10-23-20(15-25)14-18-5-3-2-4-6-18;3-2(4,5)1(6)7/h2-9,11,13,20,23H,10,12,14-16H2,1H3;(H,6,7). The molecule has 33 heavy (non-hydrogen) atoms. The fourth-order valence-electron chi connectivity index (χ4n) is 3.79. The molecule has 1 unspecified atom stereocenters. The molecule has 0 saturated carbocycles. The van der Waals surface area contributed by atoms with Crippen LogP contribution in [0.1, 0.15) is 11.1 Å². The molecule has 1 fully saturated rings. The van der Waals surface area contributed by atoms with Crippen LogP contribution in [0.3, 0.4) is 0 Å². The summed E-state index contributed by atoms with van der Waals surface area (Å²) in [4.78, 5) is 23.8. The number of carbonyl (C=O) groups excluding carboxylic acids is 1. The van der Waals surface area contributed by atoms with E-state index in [-0.39, 0.29) is 5.91 Å². The summed E-state index contributed by atoms with van der Waals surface area (Å²) in [5.41, 5.74) is 3.68. The van der Waals surface area contributed by atoms with Gasteiger partial charge in [-0.15, -0.1) is 0 Å². The van der Waals surface area contributed by atoms with E-state index in [1.54, 1.807) is 0 Å². The molecule has 0 radical (unpaired) electrons. The Morgan fingerprint density at radius 1 is 1.12 bits per heavy atom. The molecule has 6 nitrogen and oxygen atoms in total.